The molecule has 2 aromatic heterocycles. The van der Waals surface area contributed by atoms with E-state index in [4.69, 9.17) is 4.98 Å². The van der Waals surface area contributed by atoms with Crippen LogP contribution in [0.25, 0.3) is 11.3 Å². The highest BCUT2D eigenvalue weighted by Gasteiger charge is 2.22. The summed E-state index contributed by atoms with van der Waals surface area (Å²) in [5.74, 6) is 0.561. The first kappa shape index (κ1) is 15.4. The first-order valence-corrected chi connectivity index (χ1v) is 9.33. The van der Waals surface area contributed by atoms with Crippen LogP contribution in [-0.4, -0.2) is 21.7 Å². The molecule has 4 nitrogen and oxygen atoms in total. The lowest BCUT2D eigenvalue weighted by Gasteiger charge is -2.26. The minimum atomic E-state index is 0.561. The number of rotatable bonds is 3. The van der Waals surface area contributed by atoms with Gasteiger partial charge in [0.2, 0.25) is 0 Å². The molecule has 0 fully saturated rings. The van der Waals surface area contributed by atoms with Gasteiger partial charge in [0.1, 0.15) is 0 Å². The summed E-state index contributed by atoms with van der Waals surface area (Å²) < 4.78 is 0. The van der Waals surface area contributed by atoms with Gasteiger partial charge in [-0.25, -0.2) is 4.98 Å². The number of aromatic amines is 1. The molecule has 0 radical (unpaired) electrons. The first-order chi connectivity index (χ1) is 11.6. The second-order valence-corrected chi connectivity index (χ2v) is 7.57. The van der Waals surface area contributed by atoms with Crippen LogP contribution >= 0.6 is 11.3 Å². The summed E-state index contributed by atoms with van der Waals surface area (Å²) in [6.45, 7) is 8.42. The fourth-order valence-corrected chi connectivity index (χ4v) is 4.04. The lowest BCUT2D eigenvalue weighted by atomic mass is 10.0. The normalized spacial score (nSPS) is 14.2. The number of hydrogen-bond acceptors (Lipinski definition) is 4. The maximum Gasteiger partial charge on any atom is 0.186 e. The van der Waals surface area contributed by atoms with Gasteiger partial charge >= 0.3 is 0 Å². The number of aromatic nitrogens is 3. The van der Waals surface area contributed by atoms with Gasteiger partial charge in [0, 0.05) is 41.7 Å². The topological polar surface area (TPSA) is 44.8 Å². The second kappa shape index (κ2) is 6.06. The van der Waals surface area contributed by atoms with E-state index in [9.17, 15) is 0 Å². The van der Waals surface area contributed by atoms with Crippen molar-refractivity contribution in [2.24, 2.45) is 0 Å². The average Bonchev–Trinajstić information content (AvgIpc) is 3.22. The van der Waals surface area contributed by atoms with E-state index >= 15 is 0 Å². The van der Waals surface area contributed by atoms with E-state index in [2.05, 4.69) is 65.5 Å². The number of fused-ring (bicyclic) bond motifs is 1. The van der Waals surface area contributed by atoms with Gasteiger partial charge < -0.3 is 4.90 Å². The fraction of sp³-hybridized carbons (Fsp3) is 0.368. The standard InChI is InChI=1S/C19H22N4S/c1-12(2)14-4-6-15(7-5-14)18-11-24-19(20-18)23-9-8-17-16(10-23)13(3)21-22-17/h4-7,11-12H,8-10H2,1-3H3,(H,21,22). The van der Waals surface area contributed by atoms with Crippen molar-refractivity contribution in [2.45, 2.75) is 39.7 Å². The van der Waals surface area contributed by atoms with Crippen molar-refractivity contribution >= 4 is 16.5 Å². The largest absolute Gasteiger partial charge is 0.343 e. The Hall–Kier alpha value is -2.14. The highest BCUT2D eigenvalue weighted by Crippen LogP contribution is 2.31. The van der Waals surface area contributed by atoms with Gasteiger partial charge in [-0.3, -0.25) is 5.10 Å². The number of H-pyrrole nitrogens is 1. The van der Waals surface area contributed by atoms with Crippen molar-refractivity contribution in [3.63, 3.8) is 0 Å². The number of nitrogens with zero attached hydrogens (tertiary/aromatic N) is 3. The molecule has 0 aliphatic carbocycles. The molecule has 0 amide bonds. The van der Waals surface area contributed by atoms with Crippen molar-refractivity contribution in [3.8, 4) is 11.3 Å². The average molecular weight is 338 g/mol. The molecule has 4 rings (SSSR count). The molecule has 3 heterocycles. The van der Waals surface area contributed by atoms with Crippen molar-refractivity contribution in [1.29, 1.82) is 0 Å². The number of anilines is 1. The Balaban J connectivity index is 1.56. The first-order valence-electron chi connectivity index (χ1n) is 8.45. The predicted molar refractivity (Wildman–Crippen MR) is 99.7 cm³/mol. The van der Waals surface area contributed by atoms with Crippen LogP contribution < -0.4 is 4.90 Å². The third-order valence-corrected chi connectivity index (χ3v) is 5.66. The van der Waals surface area contributed by atoms with Gasteiger partial charge in [-0.2, -0.15) is 5.10 Å². The molecule has 1 aliphatic heterocycles. The monoisotopic (exact) mass is 338 g/mol. The summed E-state index contributed by atoms with van der Waals surface area (Å²) in [5, 5.41) is 10.8. The van der Waals surface area contributed by atoms with Crippen LogP contribution in [-0.2, 0) is 13.0 Å². The van der Waals surface area contributed by atoms with Crippen LogP contribution in [0.15, 0.2) is 29.6 Å². The van der Waals surface area contributed by atoms with Gasteiger partial charge in [-0.15, -0.1) is 11.3 Å². The Morgan fingerprint density at radius 2 is 2.00 bits per heavy atom. The van der Waals surface area contributed by atoms with Crippen molar-refractivity contribution in [1.82, 2.24) is 15.2 Å². The minimum absolute atomic E-state index is 0.561. The number of nitrogens with one attached hydrogen (secondary N) is 1. The van der Waals surface area contributed by atoms with E-state index in [1.54, 1.807) is 11.3 Å². The molecule has 0 atom stereocenters. The van der Waals surface area contributed by atoms with E-state index in [0.29, 0.717) is 5.92 Å². The molecule has 0 bridgehead atoms. The Labute approximate surface area is 146 Å². The lowest BCUT2D eigenvalue weighted by Crippen LogP contribution is -2.30. The summed E-state index contributed by atoms with van der Waals surface area (Å²) in [6.07, 6.45) is 0.984. The van der Waals surface area contributed by atoms with E-state index < -0.39 is 0 Å². The molecular formula is C19H22N4S. The van der Waals surface area contributed by atoms with E-state index in [-0.39, 0.29) is 0 Å². The molecule has 1 aliphatic rings. The maximum absolute atomic E-state index is 4.88. The Kier molecular flexibility index (Phi) is 3.88. The van der Waals surface area contributed by atoms with E-state index in [1.807, 2.05) is 0 Å². The Morgan fingerprint density at radius 1 is 1.21 bits per heavy atom. The molecule has 0 spiro atoms. The summed E-state index contributed by atoms with van der Waals surface area (Å²) in [5.41, 5.74) is 7.35. The molecule has 1 N–H and O–H groups in total. The van der Waals surface area contributed by atoms with Crippen LogP contribution in [0.3, 0.4) is 0 Å². The smallest absolute Gasteiger partial charge is 0.186 e. The van der Waals surface area contributed by atoms with E-state index in [0.717, 1.165) is 30.3 Å². The predicted octanol–water partition coefficient (Wildman–Crippen LogP) is 4.53. The van der Waals surface area contributed by atoms with Gasteiger partial charge in [-0.1, -0.05) is 38.1 Å². The van der Waals surface area contributed by atoms with Crippen LogP contribution in [0.2, 0.25) is 0 Å². The zero-order valence-corrected chi connectivity index (χ0v) is 15.2. The second-order valence-electron chi connectivity index (χ2n) is 6.74. The number of benzene rings is 1. The molecule has 1 aromatic carbocycles. The van der Waals surface area contributed by atoms with Crippen LogP contribution in [0.5, 0.6) is 0 Å². The molecule has 5 heteroatoms. The SMILES string of the molecule is Cc1[nH]nc2c1CN(c1nc(-c3ccc(C(C)C)cc3)cs1)CC2. The third kappa shape index (κ3) is 2.73. The molecule has 124 valence electrons. The van der Waals surface area contributed by atoms with Crippen molar-refractivity contribution in [2.75, 3.05) is 11.4 Å². The van der Waals surface area contributed by atoms with Crippen LogP contribution in [0.4, 0.5) is 5.13 Å². The summed E-state index contributed by atoms with van der Waals surface area (Å²) >= 11 is 1.73. The highest BCUT2D eigenvalue weighted by atomic mass is 32.1. The number of thiazole rings is 1. The summed E-state index contributed by atoms with van der Waals surface area (Å²) in [6, 6.07) is 8.79. The quantitative estimate of drug-likeness (QED) is 0.763. The van der Waals surface area contributed by atoms with Gasteiger partial charge in [-0.05, 0) is 18.4 Å². The Bertz CT molecular complexity index is 845. The van der Waals surface area contributed by atoms with Crippen molar-refractivity contribution < 1.29 is 0 Å². The third-order valence-electron chi connectivity index (χ3n) is 4.76. The highest BCUT2D eigenvalue weighted by molar-refractivity contribution is 7.14. The van der Waals surface area contributed by atoms with E-state index in [1.165, 1.54) is 28.1 Å². The van der Waals surface area contributed by atoms with Crippen molar-refractivity contribution in [3.05, 3.63) is 52.2 Å². The minimum Gasteiger partial charge on any atom is -0.343 e. The molecule has 0 saturated carbocycles. The Morgan fingerprint density at radius 3 is 2.75 bits per heavy atom. The molecule has 0 saturated heterocycles. The summed E-state index contributed by atoms with van der Waals surface area (Å²) in [7, 11) is 0. The van der Waals surface area contributed by atoms with Gasteiger partial charge in [0.05, 0.1) is 11.4 Å². The van der Waals surface area contributed by atoms with Crippen LogP contribution in [0, 0.1) is 6.92 Å². The molecule has 3 aromatic rings. The number of aryl methyl sites for hydroxylation is 1. The molecule has 0 unspecified atom stereocenters. The zero-order valence-electron chi connectivity index (χ0n) is 14.3. The maximum atomic E-state index is 4.88. The molecule has 24 heavy (non-hydrogen) atoms. The number of hydrogen-bond donors (Lipinski definition) is 1. The zero-order chi connectivity index (χ0) is 16.7. The molecular weight excluding hydrogens is 316 g/mol. The van der Waals surface area contributed by atoms with Gasteiger partial charge in [0.25, 0.3) is 0 Å². The van der Waals surface area contributed by atoms with Crippen LogP contribution in [0.1, 0.15) is 42.3 Å². The fourth-order valence-electron chi connectivity index (χ4n) is 3.17. The van der Waals surface area contributed by atoms with Gasteiger partial charge in [0.15, 0.2) is 5.13 Å². The lowest BCUT2D eigenvalue weighted by molar-refractivity contribution is 0.716. The summed E-state index contributed by atoms with van der Waals surface area (Å²) in [4.78, 5) is 7.24.